The number of unbranched alkanes of at least 4 members (excludes halogenated alkanes) is 5. The van der Waals surface area contributed by atoms with E-state index in [1.54, 1.807) is 0 Å². The Balaban J connectivity index is 1.61. The first-order chi connectivity index (χ1) is 15.1. The van der Waals surface area contributed by atoms with Gasteiger partial charge in [-0.2, -0.15) is 0 Å². The molecule has 0 unspecified atom stereocenters. The Labute approximate surface area is 184 Å². The first-order valence-electron chi connectivity index (χ1n) is 11.0. The van der Waals surface area contributed by atoms with Crippen molar-refractivity contribution in [3.63, 3.8) is 0 Å². The van der Waals surface area contributed by atoms with E-state index in [-0.39, 0.29) is 11.3 Å². The Hall–Kier alpha value is -3.27. The third kappa shape index (κ3) is 6.35. The third-order valence-corrected chi connectivity index (χ3v) is 5.38. The van der Waals surface area contributed by atoms with Gasteiger partial charge in [-0.15, -0.1) is 0 Å². The number of carboxylic acids is 1. The van der Waals surface area contributed by atoms with E-state index in [0.29, 0.717) is 5.56 Å². The molecule has 2 N–H and O–H groups in total. The van der Waals surface area contributed by atoms with Crippen LogP contribution in [0.3, 0.4) is 0 Å². The normalized spacial score (nSPS) is 10.7. The molecule has 3 aromatic rings. The van der Waals surface area contributed by atoms with Gasteiger partial charge in [0.1, 0.15) is 11.5 Å². The fraction of sp³-hybridized carbons (Fsp3) is 0.296. The molecule has 0 aromatic heterocycles. The number of aromatic carboxylic acids is 1. The second-order valence-corrected chi connectivity index (χ2v) is 7.75. The molecule has 0 amide bonds. The Morgan fingerprint density at radius 3 is 2.00 bits per heavy atom. The van der Waals surface area contributed by atoms with Crippen molar-refractivity contribution >= 4 is 5.97 Å². The molecule has 31 heavy (non-hydrogen) atoms. The van der Waals surface area contributed by atoms with Gasteiger partial charge in [0.05, 0.1) is 12.2 Å². The van der Waals surface area contributed by atoms with Crippen LogP contribution in [0, 0.1) is 0 Å². The number of aromatic hydroxyl groups is 1. The molecular formula is C27H30O4. The van der Waals surface area contributed by atoms with Crippen LogP contribution in [0.4, 0.5) is 0 Å². The first kappa shape index (κ1) is 22.4. The van der Waals surface area contributed by atoms with Gasteiger partial charge in [-0.05, 0) is 59.0 Å². The summed E-state index contributed by atoms with van der Waals surface area (Å²) in [5, 5.41) is 19.2. The number of phenols is 1. The van der Waals surface area contributed by atoms with Gasteiger partial charge >= 0.3 is 5.97 Å². The Morgan fingerprint density at radius 1 is 0.774 bits per heavy atom. The summed E-state index contributed by atoms with van der Waals surface area (Å²) in [4.78, 5) is 11.5. The lowest BCUT2D eigenvalue weighted by Gasteiger charge is -2.10. The zero-order chi connectivity index (χ0) is 22.1. The highest BCUT2D eigenvalue weighted by Gasteiger charge is 2.12. The standard InChI is InChI=1S/C27H30O4/c1-2-3-4-5-6-7-18-31-24-15-12-21(13-16-24)20-8-10-22(11-9-20)26-19-23(28)14-17-25(26)27(29)30/h8-17,19,28H,2-7,18H2,1H3,(H,29,30). The number of hydrogen-bond acceptors (Lipinski definition) is 3. The average molecular weight is 419 g/mol. The maximum atomic E-state index is 11.5. The minimum Gasteiger partial charge on any atom is -0.508 e. The summed E-state index contributed by atoms with van der Waals surface area (Å²) >= 11 is 0. The lowest BCUT2D eigenvalue weighted by atomic mass is 9.96. The van der Waals surface area contributed by atoms with Crippen molar-refractivity contribution in [2.75, 3.05) is 6.61 Å². The van der Waals surface area contributed by atoms with Crippen molar-refractivity contribution < 1.29 is 19.7 Å². The summed E-state index contributed by atoms with van der Waals surface area (Å²) in [6.07, 6.45) is 7.48. The van der Waals surface area contributed by atoms with E-state index in [9.17, 15) is 15.0 Å². The first-order valence-corrected chi connectivity index (χ1v) is 11.0. The van der Waals surface area contributed by atoms with Crippen LogP contribution in [0.25, 0.3) is 22.3 Å². The third-order valence-electron chi connectivity index (χ3n) is 5.38. The van der Waals surface area contributed by atoms with Crippen molar-refractivity contribution in [3.05, 3.63) is 72.3 Å². The molecule has 0 saturated carbocycles. The molecule has 3 aromatic carbocycles. The smallest absolute Gasteiger partial charge is 0.336 e. The zero-order valence-corrected chi connectivity index (χ0v) is 18.0. The molecule has 0 radical (unpaired) electrons. The minimum absolute atomic E-state index is 0.0422. The summed E-state index contributed by atoms with van der Waals surface area (Å²) < 4.78 is 5.85. The highest BCUT2D eigenvalue weighted by atomic mass is 16.5. The molecule has 0 heterocycles. The van der Waals surface area contributed by atoms with E-state index in [4.69, 9.17) is 4.74 Å². The number of hydrogen-bond donors (Lipinski definition) is 2. The van der Waals surface area contributed by atoms with Gasteiger partial charge in [0.25, 0.3) is 0 Å². The maximum Gasteiger partial charge on any atom is 0.336 e. The molecule has 0 aliphatic heterocycles. The number of rotatable bonds is 11. The van der Waals surface area contributed by atoms with Crippen LogP contribution in [-0.4, -0.2) is 22.8 Å². The van der Waals surface area contributed by atoms with Crippen molar-refractivity contribution in [1.82, 2.24) is 0 Å². The van der Waals surface area contributed by atoms with Crippen LogP contribution >= 0.6 is 0 Å². The molecule has 0 fully saturated rings. The van der Waals surface area contributed by atoms with Crippen LogP contribution in [0.5, 0.6) is 11.5 Å². The van der Waals surface area contributed by atoms with Gasteiger partial charge < -0.3 is 14.9 Å². The Bertz CT molecular complexity index is 975. The van der Waals surface area contributed by atoms with E-state index in [2.05, 4.69) is 6.92 Å². The molecule has 0 spiro atoms. The maximum absolute atomic E-state index is 11.5. The molecule has 162 valence electrons. The Kier molecular flexibility index (Phi) is 8.11. The molecular weight excluding hydrogens is 388 g/mol. The minimum atomic E-state index is -1.02. The highest BCUT2D eigenvalue weighted by Crippen LogP contribution is 2.30. The molecule has 4 nitrogen and oxygen atoms in total. The molecule has 0 atom stereocenters. The summed E-state index contributed by atoms with van der Waals surface area (Å²) in [6.45, 7) is 2.97. The van der Waals surface area contributed by atoms with Crippen molar-refractivity contribution in [1.29, 1.82) is 0 Å². The van der Waals surface area contributed by atoms with E-state index in [1.807, 2.05) is 48.5 Å². The molecule has 0 aliphatic rings. The van der Waals surface area contributed by atoms with Gasteiger partial charge in [-0.3, -0.25) is 0 Å². The highest BCUT2D eigenvalue weighted by molar-refractivity contribution is 5.96. The quantitative estimate of drug-likeness (QED) is 0.324. The molecule has 0 bridgehead atoms. The van der Waals surface area contributed by atoms with Gasteiger partial charge in [0.2, 0.25) is 0 Å². The second-order valence-electron chi connectivity index (χ2n) is 7.75. The predicted octanol–water partition coefficient (Wildman–Crippen LogP) is 7.16. The largest absolute Gasteiger partial charge is 0.508 e. The fourth-order valence-corrected chi connectivity index (χ4v) is 3.62. The zero-order valence-electron chi connectivity index (χ0n) is 18.0. The molecule has 0 saturated heterocycles. The SMILES string of the molecule is CCCCCCCCOc1ccc(-c2ccc(-c3cc(O)ccc3C(=O)O)cc2)cc1. The molecule has 3 rings (SSSR count). The summed E-state index contributed by atoms with van der Waals surface area (Å²) in [6, 6.07) is 20.0. The van der Waals surface area contributed by atoms with Crippen LogP contribution < -0.4 is 4.74 Å². The van der Waals surface area contributed by atoms with Gasteiger partial charge in [-0.25, -0.2) is 4.79 Å². The number of ether oxygens (including phenoxy) is 1. The number of benzene rings is 3. The second kappa shape index (κ2) is 11.2. The summed E-state index contributed by atoms with van der Waals surface area (Å²) in [5.74, 6) is -0.101. The van der Waals surface area contributed by atoms with E-state index in [0.717, 1.165) is 35.5 Å². The lowest BCUT2D eigenvalue weighted by molar-refractivity contribution is 0.0697. The average Bonchev–Trinajstić information content (AvgIpc) is 2.79. The Morgan fingerprint density at radius 2 is 1.35 bits per heavy atom. The van der Waals surface area contributed by atoms with Crippen LogP contribution in [0.1, 0.15) is 55.8 Å². The van der Waals surface area contributed by atoms with Crippen LogP contribution in [-0.2, 0) is 0 Å². The lowest BCUT2D eigenvalue weighted by Crippen LogP contribution is -1.99. The van der Waals surface area contributed by atoms with E-state index < -0.39 is 5.97 Å². The number of carboxylic acid groups (broad SMARTS) is 1. The topological polar surface area (TPSA) is 66.8 Å². The molecule has 0 aliphatic carbocycles. The van der Waals surface area contributed by atoms with Gasteiger partial charge in [0.15, 0.2) is 0 Å². The fourth-order valence-electron chi connectivity index (χ4n) is 3.62. The summed E-state index contributed by atoms with van der Waals surface area (Å²) in [5.41, 5.74) is 3.50. The van der Waals surface area contributed by atoms with Crippen molar-refractivity contribution in [2.24, 2.45) is 0 Å². The van der Waals surface area contributed by atoms with Crippen molar-refractivity contribution in [3.8, 4) is 33.8 Å². The van der Waals surface area contributed by atoms with Gasteiger partial charge in [-0.1, -0.05) is 75.4 Å². The monoisotopic (exact) mass is 418 g/mol. The van der Waals surface area contributed by atoms with E-state index in [1.165, 1.54) is 50.3 Å². The number of phenolic OH excluding ortho intramolecular Hbond substituents is 1. The summed E-state index contributed by atoms with van der Waals surface area (Å²) in [7, 11) is 0. The van der Waals surface area contributed by atoms with Crippen LogP contribution in [0.2, 0.25) is 0 Å². The molecule has 4 heteroatoms. The van der Waals surface area contributed by atoms with E-state index >= 15 is 0 Å². The predicted molar refractivity (Wildman–Crippen MR) is 125 cm³/mol. The van der Waals surface area contributed by atoms with Crippen molar-refractivity contribution in [2.45, 2.75) is 45.4 Å². The van der Waals surface area contributed by atoms with Crippen LogP contribution in [0.15, 0.2) is 66.7 Å². The number of carbonyl (C=O) groups is 1. The van der Waals surface area contributed by atoms with Gasteiger partial charge in [0, 0.05) is 0 Å².